The second-order valence-corrected chi connectivity index (χ2v) is 8.94. The van der Waals surface area contributed by atoms with Crippen LogP contribution in [0.1, 0.15) is 23.5 Å². The van der Waals surface area contributed by atoms with Gasteiger partial charge in [0.1, 0.15) is 11.9 Å². The second-order valence-electron chi connectivity index (χ2n) is 6.92. The first-order valence-electron chi connectivity index (χ1n) is 8.86. The van der Waals surface area contributed by atoms with Crippen LogP contribution in [0.3, 0.4) is 0 Å². The molecular formula is C20H21FNO5S-. The summed E-state index contributed by atoms with van der Waals surface area (Å²) < 4.78 is 42.3. The van der Waals surface area contributed by atoms with Crippen LogP contribution in [-0.4, -0.2) is 44.9 Å². The lowest BCUT2D eigenvalue weighted by atomic mass is 9.87. The lowest BCUT2D eigenvalue weighted by Gasteiger charge is -2.40. The number of hydrogen-bond donors (Lipinski definition) is 0. The number of hydrogen-bond acceptors (Lipinski definition) is 5. The van der Waals surface area contributed by atoms with Crippen LogP contribution in [0.5, 0.6) is 0 Å². The first kappa shape index (κ1) is 20.3. The van der Waals surface area contributed by atoms with Crippen molar-refractivity contribution in [2.24, 2.45) is 0 Å². The van der Waals surface area contributed by atoms with Crippen LogP contribution in [0, 0.1) is 5.82 Å². The summed E-state index contributed by atoms with van der Waals surface area (Å²) >= 11 is 0. The van der Waals surface area contributed by atoms with E-state index in [1.807, 2.05) is 0 Å². The number of piperidine rings is 1. The molecule has 2 unspecified atom stereocenters. The summed E-state index contributed by atoms with van der Waals surface area (Å²) in [5.41, 5.74) is 1.66. The predicted octanol–water partition coefficient (Wildman–Crippen LogP) is 1.95. The third-order valence-corrected chi connectivity index (χ3v) is 6.06. The Morgan fingerprint density at radius 2 is 1.82 bits per heavy atom. The summed E-state index contributed by atoms with van der Waals surface area (Å²) in [6.45, 7) is 0.687. The van der Waals surface area contributed by atoms with Gasteiger partial charge >= 0.3 is 0 Å². The van der Waals surface area contributed by atoms with Gasteiger partial charge in [-0.05, 0) is 41.8 Å². The van der Waals surface area contributed by atoms with Gasteiger partial charge in [-0.3, -0.25) is 0 Å². The van der Waals surface area contributed by atoms with Crippen molar-refractivity contribution in [2.75, 3.05) is 19.3 Å². The van der Waals surface area contributed by atoms with Crippen molar-refractivity contribution in [3.63, 3.8) is 0 Å². The molecule has 1 heterocycles. The zero-order valence-electron chi connectivity index (χ0n) is 15.4. The number of ether oxygens (including phenoxy) is 1. The number of carbonyl (C=O) groups excluding carboxylic acids is 1. The van der Waals surface area contributed by atoms with Crippen molar-refractivity contribution in [3.05, 3.63) is 65.5 Å². The van der Waals surface area contributed by atoms with Gasteiger partial charge < -0.3 is 19.5 Å². The number of rotatable bonds is 5. The van der Waals surface area contributed by atoms with E-state index >= 15 is 0 Å². The fourth-order valence-electron chi connectivity index (χ4n) is 3.38. The largest absolute Gasteiger partial charge is 0.530 e. The van der Waals surface area contributed by atoms with Crippen LogP contribution < -0.4 is 5.11 Å². The number of benzene rings is 2. The van der Waals surface area contributed by atoms with Crippen LogP contribution >= 0.6 is 0 Å². The molecule has 1 fully saturated rings. The number of carbonyl (C=O) groups is 1. The monoisotopic (exact) mass is 406 g/mol. The Hall–Kier alpha value is -2.45. The standard InChI is InChI=1S/C20H22FNO5S/c1-28(25,26)17-8-2-14(3-9-17)13-27-19-12-22(20(23)24)11-10-18(19)15-4-6-16(21)7-5-15/h2-9,18-19H,10-13H2,1H3,(H,23,24)/p-1. The average Bonchev–Trinajstić information content (AvgIpc) is 2.66. The van der Waals surface area contributed by atoms with E-state index in [4.69, 9.17) is 4.74 Å². The number of nitrogens with zero attached hydrogens (tertiary/aromatic N) is 1. The molecule has 1 amide bonds. The molecule has 150 valence electrons. The van der Waals surface area contributed by atoms with Gasteiger partial charge in [0.25, 0.3) is 0 Å². The van der Waals surface area contributed by atoms with E-state index in [-0.39, 0.29) is 29.8 Å². The molecule has 1 saturated heterocycles. The molecule has 0 spiro atoms. The van der Waals surface area contributed by atoms with E-state index < -0.39 is 22.0 Å². The van der Waals surface area contributed by atoms with Crippen molar-refractivity contribution in [1.29, 1.82) is 0 Å². The Bertz CT molecular complexity index is 928. The highest BCUT2D eigenvalue weighted by Gasteiger charge is 2.31. The molecule has 0 N–H and O–H groups in total. The Labute approximate surface area is 163 Å². The van der Waals surface area contributed by atoms with Crippen molar-refractivity contribution in [2.45, 2.75) is 29.9 Å². The summed E-state index contributed by atoms with van der Waals surface area (Å²) in [5, 5.41) is 11.2. The molecule has 3 rings (SSSR count). The number of amides is 1. The maximum absolute atomic E-state index is 13.2. The van der Waals surface area contributed by atoms with Gasteiger partial charge in [-0.1, -0.05) is 24.3 Å². The first-order valence-corrected chi connectivity index (χ1v) is 10.7. The van der Waals surface area contributed by atoms with Crippen LogP contribution in [0.4, 0.5) is 9.18 Å². The molecule has 0 saturated carbocycles. The molecule has 8 heteroatoms. The van der Waals surface area contributed by atoms with E-state index in [0.717, 1.165) is 17.4 Å². The maximum Gasteiger partial charge on any atom is 0.175 e. The molecule has 1 aliphatic rings. The van der Waals surface area contributed by atoms with E-state index in [0.29, 0.717) is 13.0 Å². The van der Waals surface area contributed by atoms with E-state index in [9.17, 15) is 22.7 Å². The minimum Gasteiger partial charge on any atom is -0.530 e. The third kappa shape index (κ3) is 4.88. The molecule has 0 aromatic heterocycles. The number of likely N-dealkylation sites (tertiary alicyclic amines) is 1. The quantitative estimate of drug-likeness (QED) is 0.758. The normalized spacial score (nSPS) is 20.1. The topological polar surface area (TPSA) is 86.7 Å². The Morgan fingerprint density at radius 1 is 1.18 bits per heavy atom. The fourth-order valence-corrected chi connectivity index (χ4v) is 4.01. The van der Waals surface area contributed by atoms with E-state index in [1.54, 1.807) is 24.3 Å². The van der Waals surface area contributed by atoms with Crippen LogP contribution in [-0.2, 0) is 21.2 Å². The lowest BCUT2D eigenvalue weighted by Crippen LogP contribution is -2.51. The number of sulfone groups is 1. The smallest absolute Gasteiger partial charge is 0.175 e. The van der Waals surface area contributed by atoms with Crippen molar-refractivity contribution >= 4 is 15.9 Å². The molecular weight excluding hydrogens is 385 g/mol. The SMILES string of the molecule is CS(=O)(=O)c1ccc(COC2CN(C(=O)[O-])CCC2c2ccc(F)cc2)cc1. The third-order valence-electron chi connectivity index (χ3n) is 4.93. The Morgan fingerprint density at radius 3 is 2.39 bits per heavy atom. The van der Waals surface area contributed by atoms with Crippen molar-refractivity contribution in [3.8, 4) is 0 Å². The maximum atomic E-state index is 13.2. The van der Waals surface area contributed by atoms with Crippen LogP contribution in [0.15, 0.2) is 53.4 Å². The summed E-state index contributed by atoms with van der Waals surface area (Å²) in [4.78, 5) is 12.7. The molecule has 0 radical (unpaired) electrons. The van der Waals surface area contributed by atoms with Crippen LogP contribution in [0.25, 0.3) is 0 Å². The molecule has 2 atom stereocenters. The minimum atomic E-state index is -3.27. The van der Waals surface area contributed by atoms with Crippen molar-refractivity contribution < 1.29 is 27.4 Å². The Kier molecular flexibility index (Phi) is 6.00. The first-order chi connectivity index (χ1) is 13.2. The van der Waals surface area contributed by atoms with E-state index in [2.05, 4.69) is 0 Å². The molecule has 6 nitrogen and oxygen atoms in total. The highest BCUT2D eigenvalue weighted by molar-refractivity contribution is 7.90. The van der Waals surface area contributed by atoms with Gasteiger partial charge in [-0.2, -0.15) is 0 Å². The molecule has 1 aliphatic heterocycles. The molecule has 2 aromatic rings. The summed E-state index contributed by atoms with van der Waals surface area (Å²) in [6, 6.07) is 12.5. The zero-order chi connectivity index (χ0) is 20.3. The predicted molar refractivity (Wildman–Crippen MR) is 98.9 cm³/mol. The summed E-state index contributed by atoms with van der Waals surface area (Å²) in [6.07, 6.45) is 0.00924. The van der Waals surface area contributed by atoms with Gasteiger partial charge in [0.05, 0.1) is 17.6 Å². The highest BCUT2D eigenvalue weighted by atomic mass is 32.2. The molecule has 0 bridgehead atoms. The Balaban J connectivity index is 1.74. The van der Waals surface area contributed by atoms with Gasteiger partial charge in [-0.15, -0.1) is 0 Å². The van der Waals surface area contributed by atoms with Crippen molar-refractivity contribution in [1.82, 2.24) is 4.90 Å². The highest BCUT2D eigenvalue weighted by Crippen LogP contribution is 2.31. The summed E-state index contributed by atoms with van der Waals surface area (Å²) in [5.74, 6) is -0.411. The van der Waals surface area contributed by atoms with Gasteiger partial charge in [0.15, 0.2) is 9.84 Å². The lowest BCUT2D eigenvalue weighted by molar-refractivity contribution is -0.268. The number of halogens is 1. The molecule has 2 aromatic carbocycles. The van der Waals surface area contributed by atoms with Gasteiger partial charge in [-0.25, -0.2) is 12.8 Å². The van der Waals surface area contributed by atoms with E-state index in [1.165, 1.54) is 29.2 Å². The molecule has 28 heavy (non-hydrogen) atoms. The van der Waals surface area contributed by atoms with Gasteiger partial charge in [0, 0.05) is 25.3 Å². The zero-order valence-corrected chi connectivity index (χ0v) is 16.2. The minimum absolute atomic E-state index is 0.0773. The fraction of sp³-hybridized carbons (Fsp3) is 0.350. The second kappa shape index (κ2) is 8.28. The average molecular weight is 406 g/mol. The van der Waals surface area contributed by atoms with Gasteiger partial charge in [0.2, 0.25) is 0 Å². The number of carboxylic acid groups (broad SMARTS) is 1. The van der Waals surface area contributed by atoms with Crippen LogP contribution in [0.2, 0.25) is 0 Å². The molecule has 0 aliphatic carbocycles. The summed E-state index contributed by atoms with van der Waals surface area (Å²) in [7, 11) is -3.27.